The lowest BCUT2D eigenvalue weighted by Gasteiger charge is -2.27. The molecule has 2 unspecified atom stereocenters. The van der Waals surface area contributed by atoms with Gasteiger partial charge in [0.05, 0.1) is 0 Å². The predicted molar refractivity (Wildman–Crippen MR) is 82.7 cm³/mol. The Hall–Kier alpha value is -1.12. The van der Waals surface area contributed by atoms with Gasteiger partial charge in [0.2, 0.25) is 0 Å². The van der Waals surface area contributed by atoms with E-state index in [4.69, 9.17) is 5.73 Å². The molecule has 100 valence electrons. The topological polar surface area (TPSA) is 26.0 Å². The maximum atomic E-state index is 6.43. The molecule has 0 spiro atoms. The van der Waals surface area contributed by atoms with Gasteiger partial charge in [-0.2, -0.15) is 11.3 Å². The van der Waals surface area contributed by atoms with Crippen LogP contribution < -0.4 is 5.73 Å². The summed E-state index contributed by atoms with van der Waals surface area (Å²) in [5.41, 5.74) is 12.2. The first kappa shape index (κ1) is 12.9. The highest BCUT2D eigenvalue weighted by Gasteiger charge is 2.23. The van der Waals surface area contributed by atoms with Gasteiger partial charge in [-0.05, 0) is 71.5 Å². The molecule has 1 heterocycles. The Bertz CT molecular complexity index is 558. The molecule has 19 heavy (non-hydrogen) atoms. The number of nitrogens with two attached hydrogens (primary N) is 1. The summed E-state index contributed by atoms with van der Waals surface area (Å²) >= 11 is 1.76. The number of hydrogen-bond donors (Lipinski definition) is 1. The summed E-state index contributed by atoms with van der Waals surface area (Å²) in [6.07, 6.45) is 4.90. The van der Waals surface area contributed by atoms with Crippen molar-refractivity contribution in [3.05, 3.63) is 57.3 Å². The fraction of sp³-hybridized carbons (Fsp3) is 0.412. The Labute approximate surface area is 119 Å². The maximum absolute atomic E-state index is 6.43. The molecular formula is C17H21NS. The van der Waals surface area contributed by atoms with Gasteiger partial charge in [-0.25, -0.2) is 0 Å². The van der Waals surface area contributed by atoms with Crippen LogP contribution in [0.15, 0.2) is 35.0 Å². The van der Waals surface area contributed by atoms with E-state index in [9.17, 15) is 0 Å². The number of aryl methyl sites for hydroxylation is 2. The number of hydrogen-bond acceptors (Lipinski definition) is 2. The van der Waals surface area contributed by atoms with Crippen molar-refractivity contribution in [3.63, 3.8) is 0 Å². The van der Waals surface area contributed by atoms with Gasteiger partial charge in [-0.1, -0.05) is 24.3 Å². The van der Waals surface area contributed by atoms with Crippen molar-refractivity contribution < 1.29 is 0 Å². The van der Waals surface area contributed by atoms with Crippen LogP contribution in [-0.2, 0) is 6.42 Å². The van der Waals surface area contributed by atoms with E-state index in [-0.39, 0.29) is 6.04 Å². The van der Waals surface area contributed by atoms with Crippen LogP contribution in [0.3, 0.4) is 0 Å². The van der Waals surface area contributed by atoms with Crippen molar-refractivity contribution >= 4 is 11.3 Å². The summed E-state index contributed by atoms with van der Waals surface area (Å²) < 4.78 is 0. The highest BCUT2D eigenvalue weighted by Crippen LogP contribution is 2.37. The average Bonchev–Trinajstić information content (AvgIpc) is 2.85. The third kappa shape index (κ3) is 2.60. The Morgan fingerprint density at radius 2 is 2.16 bits per heavy atom. The molecule has 2 atom stereocenters. The normalized spacial score (nSPS) is 20.0. The Morgan fingerprint density at radius 3 is 2.95 bits per heavy atom. The molecule has 3 rings (SSSR count). The van der Waals surface area contributed by atoms with Crippen LogP contribution in [0.4, 0.5) is 0 Å². The minimum Gasteiger partial charge on any atom is -0.324 e. The molecule has 0 radical (unpaired) electrons. The molecule has 0 fully saturated rings. The van der Waals surface area contributed by atoms with Crippen LogP contribution in [-0.4, -0.2) is 0 Å². The third-order valence-electron chi connectivity index (χ3n) is 4.33. The largest absolute Gasteiger partial charge is 0.324 e. The van der Waals surface area contributed by atoms with E-state index in [1.165, 1.54) is 41.5 Å². The molecule has 0 saturated carbocycles. The van der Waals surface area contributed by atoms with Crippen LogP contribution in [0.25, 0.3) is 0 Å². The zero-order valence-electron chi connectivity index (χ0n) is 11.4. The molecule has 2 aromatic rings. The second-order valence-corrected chi connectivity index (χ2v) is 6.38. The molecule has 1 aliphatic rings. The first-order valence-electron chi connectivity index (χ1n) is 7.12. The molecule has 0 bridgehead atoms. The summed E-state index contributed by atoms with van der Waals surface area (Å²) in [6, 6.07) is 9.08. The van der Waals surface area contributed by atoms with Gasteiger partial charge in [0.15, 0.2) is 0 Å². The van der Waals surface area contributed by atoms with Crippen LogP contribution in [0.5, 0.6) is 0 Å². The van der Waals surface area contributed by atoms with Gasteiger partial charge in [0.1, 0.15) is 0 Å². The first-order valence-corrected chi connectivity index (χ1v) is 8.06. The van der Waals surface area contributed by atoms with Gasteiger partial charge in [0, 0.05) is 6.04 Å². The zero-order valence-corrected chi connectivity index (χ0v) is 12.2. The van der Waals surface area contributed by atoms with Gasteiger partial charge >= 0.3 is 0 Å². The quantitative estimate of drug-likeness (QED) is 0.869. The van der Waals surface area contributed by atoms with E-state index in [0.717, 1.165) is 6.42 Å². The van der Waals surface area contributed by atoms with E-state index in [1.54, 1.807) is 11.3 Å². The van der Waals surface area contributed by atoms with Crippen molar-refractivity contribution in [2.24, 2.45) is 5.73 Å². The minimum atomic E-state index is 0.183. The van der Waals surface area contributed by atoms with Crippen LogP contribution >= 0.6 is 11.3 Å². The van der Waals surface area contributed by atoms with Crippen LogP contribution in [0.1, 0.15) is 53.5 Å². The Balaban J connectivity index is 1.80. The molecule has 2 heteroatoms. The number of benzene rings is 1. The van der Waals surface area contributed by atoms with Gasteiger partial charge < -0.3 is 5.73 Å². The molecule has 0 amide bonds. The van der Waals surface area contributed by atoms with E-state index in [1.807, 2.05) is 0 Å². The minimum absolute atomic E-state index is 0.183. The summed E-state index contributed by atoms with van der Waals surface area (Å²) in [6.45, 7) is 2.17. The van der Waals surface area contributed by atoms with E-state index >= 15 is 0 Å². The molecule has 1 aliphatic carbocycles. The fourth-order valence-corrected chi connectivity index (χ4v) is 4.20. The van der Waals surface area contributed by atoms with Crippen LogP contribution in [0.2, 0.25) is 0 Å². The van der Waals surface area contributed by atoms with Gasteiger partial charge in [0.25, 0.3) is 0 Å². The lowest BCUT2D eigenvalue weighted by Crippen LogP contribution is -2.18. The SMILES string of the molecule is Cc1cscc1C(N)CC1CCCc2ccccc21. The van der Waals surface area contributed by atoms with E-state index < -0.39 is 0 Å². The highest BCUT2D eigenvalue weighted by atomic mass is 32.1. The Morgan fingerprint density at radius 1 is 1.32 bits per heavy atom. The summed E-state index contributed by atoms with van der Waals surface area (Å²) in [5, 5.41) is 4.42. The average molecular weight is 271 g/mol. The van der Waals surface area contributed by atoms with Crippen molar-refractivity contribution in [1.82, 2.24) is 0 Å². The van der Waals surface area contributed by atoms with Crippen LogP contribution in [0, 0.1) is 6.92 Å². The van der Waals surface area contributed by atoms with E-state index in [2.05, 4.69) is 41.9 Å². The molecule has 1 aromatic heterocycles. The molecule has 0 aliphatic heterocycles. The monoisotopic (exact) mass is 271 g/mol. The standard InChI is InChI=1S/C17H21NS/c1-12-10-19-11-16(12)17(18)9-14-7-4-6-13-5-2-3-8-15(13)14/h2-3,5,8,10-11,14,17H,4,6-7,9,18H2,1H3. The zero-order chi connectivity index (χ0) is 13.2. The van der Waals surface area contributed by atoms with Crippen molar-refractivity contribution in [3.8, 4) is 0 Å². The second-order valence-electron chi connectivity index (χ2n) is 5.64. The Kier molecular flexibility index (Phi) is 3.72. The highest BCUT2D eigenvalue weighted by molar-refractivity contribution is 7.08. The summed E-state index contributed by atoms with van der Waals surface area (Å²) in [7, 11) is 0. The van der Waals surface area contributed by atoms with Crippen molar-refractivity contribution in [2.75, 3.05) is 0 Å². The lowest BCUT2D eigenvalue weighted by atomic mass is 9.79. The number of thiophene rings is 1. The molecule has 1 nitrogen and oxygen atoms in total. The second kappa shape index (κ2) is 5.48. The summed E-state index contributed by atoms with van der Waals surface area (Å²) in [5.74, 6) is 0.638. The number of fused-ring (bicyclic) bond motifs is 1. The van der Waals surface area contributed by atoms with Crippen molar-refractivity contribution in [1.29, 1.82) is 0 Å². The molecule has 2 N–H and O–H groups in total. The predicted octanol–water partition coefficient (Wildman–Crippen LogP) is 4.57. The smallest absolute Gasteiger partial charge is 0.0311 e. The van der Waals surface area contributed by atoms with Gasteiger partial charge in [-0.15, -0.1) is 0 Å². The summed E-state index contributed by atoms with van der Waals surface area (Å²) in [4.78, 5) is 0. The van der Waals surface area contributed by atoms with Crippen molar-refractivity contribution in [2.45, 2.75) is 44.6 Å². The van der Waals surface area contributed by atoms with Gasteiger partial charge in [-0.3, -0.25) is 0 Å². The molecule has 0 saturated heterocycles. The third-order valence-corrected chi connectivity index (χ3v) is 5.21. The lowest BCUT2D eigenvalue weighted by molar-refractivity contribution is 0.476. The first-order chi connectivity index (χ1) is 9.25. The molecular weight excluding hydrogens is 250 g/mol. The fourth-order valence-electron chi connectivity index (χ4n) is 3.28. The van der Waals surface area contributed by atoms with E-state index in [0.29, 0.717) is 5.92 Å². The molecule has 1 aromatic carbocycles. The number of rotatable bonds is 3. The maximum Gasteiger partial charge on any atom is 0.0311 e.